The molecule has 0 saturated carbocycles. The van der Waals surface area contributed by atoms with E-state index in [2.05, 4.69) is 18.4 Å². The van der Waals surface area contributed by atoms with E-state index in [4.69, 9.17) is 15.9 Å². The lowest BCUT2D eigenvalue weighted by Gasteiger charge is -2.24. The lowest BCUT2D eigenvalue weighted by atomic mass is 10.1. The number of benzene rings is 1. The molecule has 0 aliphatic rings. The number of hydrogen-bond donors (Lipinski definition) is 3. The van der Waals surface area contributed by atoms with E-state index >= 15 is 0 Å². The summed E-state index contributed by atoms with van der Waals surface area (Å²) in [6, 6.07) is 8.01. The predicted molar refractivity (Wildman–Crippen MR) is 89.9 cm³/mol. The van der Waals surface area contributed by atoms with E-state index in [-0.39, 0.29) is 13.2 Å². The third kappa shape index (κ3) is 3.56. The molecule has 0 saturated heterocycles. The number of thiophene rings is 1. The number of aliphatic hydroxyl groups excluding tert-OH is 2. The van der Waals surface area contributed by atoms with Crippen molar-refractivity contribution in [3.8, 4) is 10.4 Å². The van der Waals surface area contributed by atoms with Crippen LogP contribution in [-0.2, 0) is 6.42 Å². The first-order valence-corrected chi connectivity index (χ1v) is 8.02. The van der Waals surface area contributed by atoms with Gasteiger partial charge in [-0.05, 0) is 41.6 Å². The molecule has 2 aromatic rings. The molecule has 5 heteroatoms. The van der Waals surface area contributed by atoms with Crippen LogP contribution in [0.3, 0.4) is 0 Å². The Hall–Kier alpha value is -1.56. The Morgan fingerprint density at radius 2 is 1.86 bits per heavy atom. The summed E-state index contributed by atoms with van der Waals surface area (Å²) in [6.45, 7) is 3.23. The zero-order valence-corrected chi connectivity index (χ0v) is 13.1. The van der Waals surface area contributed by atoms with Crippen LogP contribution in [0, 0.1) is 0 Å². The van der Waals surface area contributed by atoms with Crippen molar-refractivity contribution < 1.29 is 10.2 Å². The maximum atomic E-state index is 9.17. The normalized spacial score (nSPS) is 10.8. The second-order valence-electron chi connectivity index (χ2n) is 4.83. The van der Waals surface area contributed by atoms with Crippen LogP contribution >= 0.6 is 11.3 Å². The van der Waals surface area contributed by atoms with Gasteiger partial charge in [0.05, 0.1) is 13.2 Å². The Balaban J connectivity index is 2.41. The number of aliphatic hydroxyl groups is 2. The van der Waals surface area contributed by atoms with Crippen molar-refractivity contribution >= 4 is 22.7 Å². The molecule has 1 heterocycles. The van der Waals surface area contributed by atoms with Crippen LogP contribution in [0.4, 0.5) is 11.4 Å². The number of hydrogen-bond acceptors (Lipinski definition) is 5. The highest BCUT2D eigenvalue weighted by atomic mass is 32.1. The first-order valence-electron chi connectivity index (χ1n) is 7.14. The monoisotopic (exact) mass is 306 g/mol. The van der Waals surface area contributed by atoms with Crippen LogP contribution in [0.2, 0.25) is 0 Å². The fourth-order valence-corrected chi connectivity index (χ4v) is 3.44. The third-order valence-corrected chi connectivity index (χ3v) is 4.50. The highest BCUT2D eigenvalue weighted by Gasteiger charge is 2.12. The molecule has 0 aliphatic heterocycles. The van der Waals surface area contributed by atoms with Gasteiger partial charge in [0, 0.05) is 34.9 Å². The topological polar surface area (TPSA) is 69.7 Å². The molecule has 0 aliphatic carbocycles. The highest BCUT2D eigenvalue weighted by Crippen LogP contribution is 2.36. The fraction of sp³-hybridized carbons (Fsp3) is 0.375. The Labute approximate surface area is 129 Å². The second-order valence-corrected chi connectivity index (χ2v) is 5.75. The Kier molecular flexibility index (Phi) is 5.61. The molecule has 0 unspecified atom stereocenters. The average molecular weight is 306 g/mol. The van der Waals surface area contributed by atoms with E-state index in [1.807, 2.05) is 23.1 Å². The van der Waals surface area contributed by atoms with E-state index in [1.165, 1.54) is 10.4 Å². The minimum atomic E-state index is 0.0545. The van der Waals surface area contributed by atoms with Gasteiger partial charge in [0.1, 0.15) is 0 Å². The summed E-state index contributed by atoms with van der Waals surface area (Å²) in [5.74, 6) is 0. The van der Waals surface area contributed by atoms with Crippen LogP contribution in [0.15, 0.2) is 29.6 Å². The van der Waals surface area contributed by atoms with Crippen LogP contribution in [0.5, 0.6) is 0 Å². The number of anilines is 2. The van der Waals surface area contributed by atoms with Gasteiger partial charge in [-0.3, -0.25) is 0 Å². The quantitative estimate of drug-likeness (QED) is 0.687. The molecule has 1 aromatic carbocycles. The van der Waals surface area contributed by atoms with Crippen molar-refractivity contribution in [3.63, 3.8) is 0 Å². The number of aryl methyl sites for hydroxylation is 1. The van der Waals surface area contributed by atoms with E-state index in [0.29, 0.717) is 13.1 Å². The van der Waals surface area contributed by atoms with Gasteiger partial charge in [0.25, 0.3) is 0 Å². The largest absolute Gasteiger partial charge is 0.398 e. The van der Waals surface area contributed by atoms with Gasteiger partial charge < -0.3 is 20.8 Å². The van der Waals surface area contributed by atoms with Gasteiger partial charge in [-0.15, -0.1) is 11.3 Å². The van der Waals surface area contributed by atoms with E-state index < -0.39 is 0 Å². The molecule has 114 valence electrons. The van der Waals surface area contributed by atoms with Gasteiger partial charge in [-0.2, -0.15) is 0 Å². The maximum absolute atomic E-state index is 9.17. The molecule has 1 aromatic heterocycles. The summed E-state index contributed by atoms with van der Waals surface area (Å²) >= 11 is 1.69. The van der Waals surface area contributed by atoms with E-state index in [0.717, 1.165) is 23.4 Å². The Morgan fingerprint density at radius 1 is 1.14 bits per heavy atom. The first-order chi connectivity index (χ1) is 10.2. The summed E-state index contributed by atoms with van der Waals surface area (Å²) in [5, 5.41) is 20.4. The van der Waals surface area contributed by atoms with Crippen molar-refractivity contribution in [1.29, 1.82) is 0 Å². The number of nitrogen functional groups attached to an aromatic ring is 1. The minimum absolute atomic E-state index is 0.0545. The van der Waals surface area contributed by atoms with Crippen molar-refractivity contribution in [2.45, 2.75) is 13.3 Å². The van der Waals surface area contributed by atoms with Gasteiger partial charge in [0.2, 0.25) is 0 Å². The zero-order valence-electron chi connectivity index (χ0n) is 12.2. The minimum Gasteiger partial charge on any atom is -0.398 e. The van der Waals surface area contributed by atoms with Crippen LogP contribution in [-0.4, -0.2) is 36.5 Å². The standard InChI is InChI=1S/C16H22N2O2S/c1-2-12-5-10-21-16(12)14-11-13(3-4-15(14)17)18(6-8-19)7-9-20/h3-5,10-11,19-20H,2,6-9,17H2,1H3. The zero-order chi connectivity index (χ0) is 15.2. The molecule has 0 spiro atoms. The molecule has 4 N–H and O–H groups in total. The predicted octanol–water partition coefficient (Wildman–Crippen LogP) is 2.35. The maximum Gasteiger partial charge on any atom is 0.0606 e. The van der Waals surface area contributed by atoms with Crippen LogP contribution in [0.1, 0.15) is 12.5 Å². The molecule has 4 nitrogen and oxygen atoms in total. The molecular formula is C16H22N2O2S. The molecule has 2 rings (SSSR count). The van der Waals surface area contributed by atoms with E-state index in [1.54, 1.807) is 11.3 Å². The summed E-state index contributed by atoms with van der Waals surface area (Å²) in [5.41, 5.74) is 10.2. The van der Waals surface area contributed by atoms with Crippen molar-refractivity contribution in [2.75, 3.05) is 36.9 Å². The third-order valence-electron chi connectivity index (χ3n) is 3.51. The summed E-state index contributed by atoms with van der Waals surface area (Å²) in [6.07, 6.45) is 0.972. The number of nitrogens with zero attached hydrogens (tertiary/aromatic N) is 1. The molecule has 21 heavy (non-hydrogen) atoms. The van der Waals surface area contributed by atoms with Crippen molar-refractivity contribution in [2.24, 2.45) is 0 Å². The number of rotatable bonds is 7. The van der Waals surface area contributed by atoms with Gasteiger partial charge >= 0.3 is 0 Å². The lowest BCUT2D eigenvalue weighted by Crippen LogP contribution is -2.29. The summed E-state index contributed by atoms with van der Waals surface area (Å²) in [4.78, 5) is 3.16. The fourth-order valence-electron chi connectivity index (χ4n) is 2.40. The van der Waals surface area contributed by atoms with Gasteiger partial charge in [-0.1, -0.05) is 6.92 Å². The summed E-state index contributed by atoms with van der Waals surface area (Å²) in [7, 11) is 0. The summed E-state index contributed by atoms with van der Waals surface area (Å²) < 4.78 is 0. The van der Waals surface area contributed by atoms with Crippen molar-refractivity contribution in [3.05, 3.63) is 35.2 Å². The lowest BCUT2D eigenvalue weighted by molar-refractivity contribution is 0.281. The number of nitrogens with two attached hydrogens (primary N) is 1. The van der Waals surface area contributed by atoms with E-state index in [9.17, 15) is 0 Å². The average Bonchev–Trinajstić information content (AvgIpc) is 2.96. The van der Waals surface area contributed by atoms with Crippen LogP contribution < -0.4 is 10.6 Å². The highest BCUT2D eigenvalue weighted by molar-refractivity contribution is 7.13. The van der Waals surface area contributed by atoms with Crippen molar-refractivity contribution in [1.82, 2.24) is 0 Å². The van der Waals surface area contributed by atoms with Gasteiger partial charge in [-0.25, -0.2) is 0 Å². The molecule has 0 atom stereocenters. The smallest absolute Gasteiger partial charge is 0.0606 e. The SMILES string of the molecule is CCc1ccsc1-c1cc(N(CCO)CCO)ccc1N. The molecule has 0 bridgehead atoms. The molecule has 0 radical (unpaired) electrons. The molecule has 0 fully saturated rings. The Bertz CT molecular complexity index is 577. The van der Waals surface area contributed by atoms with Gasteiger partial charge in [0.15, 0.2) is 0 Å². The molecule has 0 amide bonds. The second kappa shape index (κ2) is 7.45. The Morgan fingerprint density at radius 3 is 2.48 bits per heavy atom. The first kappa shape index (κ1) is 15.8. The molecular weight excluding hydrogens is 284 g/mol. The van der Waals surface area contributed by atoms with Crippen LogP contribution in [0.25, 0.3) is 10.4 Å².